The van der Waals surface area contributed by atoms with Crippen molar-refractivity contribution in [3.63, 3.8) is 0 Å². The molecule has 3 aromatic carbocycles. The third-order valence-electron chi connectivity index (χ3n) is 4.12. The first-order chi connectivity index (χ1) is 12.4. The van der Waals surface area contributed by atoms with E-state index in [9.17, 15) is 0 Å². The van der Waals surface area contributed by atoms with Gasteiger partial charge in [0.1, 0.15) is 0 Å². The van der Waals surface area contributed by atoms with Gasteiger partial charge in [-0.2, -0.15) is 0 Å². The number of hydrogen-bond acceptors (Lipinski definition) is 2. The molecule has 0 aliphatic rings. The molecule has 2 nitrogen and oxygen atoms in total. The van der Waals surface area contributed by atoms with Crippen LogP contribution in [0.15, 0.2) is 91.0 Å². The molecule has 0 radical (unpaired) electrons. The monoisotopic (exact) mass is 349 g/mol. The maximum absolute atomic E-state index is 6.44. The Balaban J connectivity index is 1.72. The molecule has 0 aliphatic heterocycles. The zero-order valence-corrected chi connectivity index (χ0v) is 15.4. The summed E-state index contributed by atoms with van der Waals surface area (Å²) >= 11 is 0. The van der Waals surface area contributed by atoms with Crippen LogP contribution in [0, 0.1) is 0 Å². The maximum atomic E-state index is 6.44. The zero-order chi connectivity index (χ0) is 17.3. The highest BCUT2D eigenvalue weighted by atomic mass is 31.1. The van der Waals surface area contributed by atoms with Crippen molar-refractivity contribution in [1.82, 2.24) is 5.32 Å². The van der Waals surface area contributed by atoms with E-state index in [1.165, 1.54) is 16.2 Å². The lowest BCUT2D eigenvalue weighted by molar-refractivity contribution is 0.301. The second-order valence-electron chi connectivity index (χ2n) is 5.94. The average molecular weight is 349 g/mol. The van der Waals surface area contributed by atoms with E-state index in [-0.39, 0.29) is 0 Å². The van der Waals surface area contributed by atoms with Crippen LogP contribution in [0.2, 0.25) is 0 Å². The standard InChI is InChI=1S/C22H24NOP/c1-23-20(17-19-11-5-2-6-12-19)18-24-25(21-13-7-3-8-14-21)22-15-9-4-10-16-22/h2-16,20,23H,17-18H2,1H3/t20-/m1/s1. The lowest BCUT2D eigenvalue weighted by Gasteiger charge is -2.23. The fraction of sp³-hybridized carbons (Fsp3) is 0.182. The molecular formula is C22H24NOP. The first-order valence-corrected chi connectivity index (χ1v) is 9.87. The van der Waals surface area contributed by atoms with E-state index in [0.717, 1.165) is 6.42 Å². The Labute approximate surface area is 151 Å². The lowest BCUT2D eigenvalue weighted by atomic mass is 10.1. The van der Waals surface area contributed by atoms with E-state index in [4.69, 9.17) is 4.52 Å². The Kier molecular flexibility index (Phi) is 6.76. The molecule has 0 saturated carbocycles. The van der Waals surface area contributed by atoms with Gasteiger partial charge >= 0.3 is 0 Å². The largest absolute Gasteiger partial charge is 0.348 e. The SMILES string of the molecule is CN[C@@H](COP(c1ccccc1)c1ccccc1)Cc1ccccc1. The molecule has 1 atom stereocenters. The minimum atomic E-state index is -0.804. The predicted molar refractivity (Wildman–Crippen MR) is 108 cm³/mol. The van der Waals surface area contributed by atoms with Crippen LogP contribution in [-0.4, -0.2) is 19.7 Å². The van der Waals surface area contributed by atoms with Crippen molar-refractivity contribution in [3.8, 4) is 0 Å². The molecule has 0 unspecified atom stereocenters. The summed E-state index contributed by atoms with van der Waals surface area (Å²) in [7, 11) is 1.20. The summed E-state index contributed by atoms with van der Waals surface area (Å²) in [5.74, 6) is 0. The highest BCUT2D eigenvalue weighted by Gasteiger charge is 2.17. The van der Waals surface area contributed by atoms with Crippen molar-refractivity contribution in [3.05, 3.63) is 96.6 Å². The summed E-state index contributed by atoms with van der Waals surface area (Å²) in [5, 5.41) is 5.89. The van der Waals surface area contributed by atoms with Crippen molar-refractivity contribution in [1.29, 1.82) is 0 Å². The van der Waals surface area contributed by atoms with Crippen molar-refractivity contribution < 1.29 is 4.52 Å². The van der Waals surface area contributed by atoms with Gasteiger partial charge < -0.3 is 9.84 Å². The molecule has 0 heterocycles. The topological polar surface area (TPSA) is 21.3 Å². The normalized spacial score (nSPS) is 12.2. The van der Waals surface area contributed by atoms with Gasteiger partial charge in [-0.25, -0.2) is 0 Å². The van der Waals surface area contributed by atoms with Crippen LogP contribution < -0.4 is 15.9 Å². The molecule has 3 aromatic rings. The predicted octanol–water partition coefficient (Wildman–Crippen LogP) is 3.88. The van der Waals surface area contributed by atoms with Crippen LogP contribution in [0.3, 0.4) is 0 Å². The minimum absolute atomic E-state index is 0.292. The maximum Gasteiger partial charge on any atom is 0.0918 e. The molecule has 0 fully saturated rings. The fourth-order valence-electron chi connectivity index (χ4n) is 2.73. The van der Waals surface area contributed by atoms with Gasteiger partial charge in [0, 0.05) is 16.7 Å². The number of likely N-dealkylation sites (N-methyl/N-ethyl adjacent to an activating group) is 1. The van der Waals surface area contributed by atoms with E-state index in [1.54, 1.807) is 0 Å². The quantitative estimate of drug-likeness (QED) is 0.623. The first kappa shape index (κ1) is 17.8. The molecule has 0 bridgehead atoms. The van der Waals surface area contributed by atoms with Gasteiger partial charge in [-0.1, -0.05) is 91.0 Å². The fourth-order valence-corrected chi connectivity index (χ4v) is 4.54. The van der Waals surface area contributed by atoms with Crippen LogP contribution >= 0.6 is 8.15 Å². The summed E-state index contributed by atoms with van der Waals surface area (Å²) in [6.07, 6.45) is 0.962. The van der Waals surface area contributed by atoms with Crippen molar-refractivity contribution >= 4 is 18.8 Å². The van der Waals surface area contributed by atoms with Gasteiger partial charge in [-0.05, 0) is 19.0 Å². The molecular weight excluding hydrogens is 325 g/mol. The summed E-state index contributed by atoms with van der Waals surface area (Å²) in [6.45, 7) is 0.681. The van der Waals surface area contributed by atoms with Crippen LogP contribution in [-0.2, 0) is 10.9 Å². The van der Waals surface area contributed by atoms with E-state index in [1.807, 2.05) is 19.2 Å². The smallest absolute Gasteiger partial charge is 0.0918 e. The Hall–Kier alpha value is -1.99. The Morgan fingerprint density at radius 2 is 1.24 bits per heavy atom. The minimum Gasteiger partial charge on any atom is -0.348 e. The Morgan fingerprint density at radius 1 is 0.760 bits per heavy atom. The van der Waals surface area contributed by atoms with Gasteiger partial charge in [-0.15, -0.1) is 0 Å². The van der Waals surface area contributed by atoms with Crippen LogP contribution in [0.25, 0.3) is 0 Å². The molecule has 0 aliphatic carbocycles. The Bertz CT molecular complexity index is 694. The molecule has 3 heteroatoms. The van der Waals surface area contributed by atoms with Crippen molar-refractivity contribution in [2.75, 3.05) is 13.7 Å². The third kappa shape index (κ3) is 5.24. The third-order valence-corrected chi connectivity index (χ3v) is 6.06. The second-order valence-corrected chi connectivity index (χ2v) is 7.82. The molecule has 0 saturated heterocycles. The Morgan fingerprint density at radius 3 is 1.72 bits per heavy atom. The average Bonchev–Trinajstić information content (AvgIpc) is 2.69. The molecule has 0 aromatic heterocycles. The van der Waals surface area contributed by atoms with Gasteiger partial charge in [-0.3, -0.25) is 0 Å². The van der Waals surface area contributed by atoms with Crippen LogP contribution in [0.5, 0.6) is 0 Å². The summed E-state index contributed by atoms with van der Waals surface area (Å²) in [5.41, 5.74) is 1.33. The lowest BCUT2D eigenvalue weighted by Crippen LogP contribution is -2.33. The van der Waals surface area contributed by atoms with Crippen LogP contribution in [0.1, 0.15) is 5.56 Å². The van der Waals surface area contributed by atoms with Crippen molar-refractivity contribution in [2.24, 2.45) is 0 Å². The van der Waals surface area contributed by atoms with Gasteiger partial charge in [0.15, 0.2) is 0 Å². The first-order valence-electron chi connectivity index (χ1n) is 8.61. The highest BCUT2D eigenvalue weighted by molar-refractivity contribution is 7.68. The summed E-state index contributed by atoms with van der Waals surface area (Å²) in [6, 6.07) is 31.9. The van der Waals surface area contributed by atoms with Gasteiger partial charge in [0.05, 0.1) is 14.8 Å². The zero-order valence-electron chi connectivity index (χ0n) is 14.5. The van der Waals surface area contributed by atoms with Crippen LogP contribution in [0.4, 0.5) is 0 Å². The molecule has 0 spiro atoms. The van der Waals surface area contributed by atoms with Gasteiger partial charge in [0.25, 0.3) is 0 Å². The second kappa shape index (κ2) is 9.48. The summed E-state index contributed by atoms with van der Waals surface area (Å²) < 4.78 is 6.44. The molecule has 3 rings (SSSR count). The van der Waals surface area contributed by atoms with Gasteiger partial charge in [0.2, 0.25) is 0 Å². The van der Waals surface area contributed by atoms with E-state index in [2.05, 4.69) is 84.2 Å². The number of nitrogens with one attached hydrogen (secondary N) is 1. The molecule has 25 heavy (non-hydrogen) atoms. The number of hydrogen-bond donors (Lipinski definition) is 1. The molecule has 128 valence electrons. The van der Waals surface area contributed by atoms with E-state index in [0.29, 0.717) is 12.6 Å². The summed E-state index contributed by atoms with van der Waals surface area (Å²) in [4.78, 5) is 0. The van der Waals surface area contributed by atoms with E-state index >= 15 is 0 Å². The molecule has 0 amide bonds. The highest BCUT2D eigenvalue weighted by Crippen LogP contribution is 2.34. The number of rotatable bonds is 8. The van der Waals surface area contributed by atoms with Crippen molar-refractivity contribution in [2.45, 2.75) is 12.5 Å². The number of benzene rings is 3. The van der Waals surface area contributed by atoms with E-state index < -0.39 is 8.15 Å². The molecule has 1 N–H and O–H groups in total.